The molecule has 2 aliphatic heterocycles. The smallest absolute Gasteiger partial charge is 0.237 e. The standard InChI is InChI=1S/C15H20N2O2.ClH/c18-15(13-6-3-4-9-16-13)17-12-8-10-19-14-7-2-1-5-11(12)14;/h1-2,5,7,12-13,16H,3-4,6,8-10H2,(H,17,18);1H/t12?,13-;/m1./s1. The maximum Gasteiger partial charge on any atom is 0.237 e. The van der Waals surface area contributed by atoms with E-state index in [1.165, 1.54) is 6.42 Å². The maximum atomic E-state index is 12.3. The fourth-order valence-electron chi connectivity index (χ4n) is 2.84. The molecule has 2 N–H and O–H groups in total. The van der Waals surface area contributed by atoms with Crippen LogP contribution in [0.1, 0.15) is 37.3 Å². The van der Waals surface area contributed by atoms with E-state index in [-0.39, 0.29) is 30.4 Å². The van der Waals surface area contributed by atoms with E-state index in [0.717, 1.165) is 37.1 Å². The van der Waals surface area contributed by atoms with Crippen LogP contribution in [0.4, 0.5) is 0 Å². The van der Waals surface area contributed by atoms with E-state index >= 15 is 0 Å². The third-order valence-electron chi connectivity index (χ3n) is 3.90. The first-order chi connectivity index (χ1) is 9.34. The Labute approximate surface area is 125 Å². The predicted octanol–water partition coefficient (Wildman–Crippen LogP) is 2.19. The third-order valence-corrected chi connectivity index (χ3v) is 3.90. The highest BCUT2D eigenvalue weighted by atomic mass is 35.5. The molecule has 1 unspecified atom stereocenters. The molecule has 3 rings (SSSR count). The Hall–Kier alpha value is -1.26. The molecule has 0 radical (unpaired) electrons. The van der Waals surface area contributed by atoms with Crippen molar-refractivity contribution in [3.8, 4) is 5.75 Å². The van der Waals surface area contributed by atoms with Crippen molar-refractivity contribution in [1.82, 2.24) is 10.6 Å². The number of para-hydroxylation sites is 1. The lowest BCUT2D eigenvalue weighted by Gasteiger charge is -2.29. The molecule has 0 spiro atoms. The number of ether oxygens (including phenoxy) is 1. The molecule has 0 bridgehead atoms. The van der Waals surface area contributed by atoms with Crippen LogP contribution >= 0.6 is 12.4 Å². The minimum Gasteiger partial charge on any atom is -0.493 e. The van der Waals surface area contributed by atoms with E-state index in [2.05, 4.69) is 10.6 Å². The highest BCUT2D eigenvalue weighted by Gasteiger charge is 2.26. The summed E-state index contributed by atoms with van der Waals surface area (Å²) in [7, 11) is 0. The predicted molar refractivity (Wildman–Crippen MR) is 80.3 cm³/mol. The number of rotatable bonds is 2. The van der Waals surface area contributed by atoms with Gasteiger partial charge in [-0.25, -0.2) is 0 Å². The zero-order valence-corrected chi connectivity index (χ0v) is 12.2. The lowest BCUT2D eigenvalue weighted by molar-refractivity contribution is -0.124. The largest absolute Gasteiger partial charge is 0.493 e. The van der Waals surface area contributed by atoms with Crippen molar-refractivity contribution >= 4 is 18.3 Å². The number of hydrogen-bond donors (Lipinski definition) is 2. The Balaban J connectivity index is 0.00000147. The number of carbonyl (C=O) groups is 1. The molecular weight excluding hydrogens is 276 g/mol. The second kappa shape index (κ2) is 6.95. The van der Waals surface area contributed by atoms with E-state index < -0.39 is 0 Å². The van der Waals surface area contributed by atoms with E-state index in [4.69, 9.17) is 4.74 Å². The van der Waals surface area contributed by atoms with Gasteiger partial charge in [0.25, 0.3) is 0 Å². The van der Waals surface area contributed by atoms with Crippen molar-refractivity contribution < 1.29 is 9.53 Å². The number of nitrogens with one attached hydrogen (secondary N) is 2. The molecule has 1 aromatic rings. The lowest BCUT2D eigenvalue weighted by Crippen LogP contribution is -2.48. The number of carbonyl (C=O) groups excluding carboxylic acids is 1. The molecule has 1 amide bonds. The van der Waals surface area contributed by atoms with Gasteiger partial charge in [0.2, 0.25) is 5.91 Å². The lowest BCUT2D eigenvalue weighted by atomic mass is 9.99. The summed E-state index contributed by atoms with van der Waals surface area (Å²) >= 11 is 0. The average Bonchev–Trinajstić information content (AvgIpc) is 2.48. The molecule has 2 aliphatic rings. The van der Waals surface area contributed by atoms with Crippen molar-refractivity contribution in [2.24, 2.45) is 0 Å². The van der Waals surface area contributed by atoms with Crippen molar-refractivity contribution in [1.29, 1.82) is 0 Å². The van der Waals surface area contributed by atoms with E-state index in [1.807, 2.05) is 24.3 Å². The van der Waals surface area contributed by atoms with Crippen LogP contribution in [-0.4, -0.2) is 25.1 Å². The van der Waals surface area contributed by atoms with Gasteiger partial charge in [-0.2, -0.15) is 0 Å². The summed E-state index contributed by atoms with van der Waals surface area (Å²) in [5.74, 6) is 1.03. The zero-order valence-electron chi connectivity index (χ0n) is 11.4. The van der Waals surface area contributed by atoms with Gasteiger partial charge in [-0.15, -0.1) is 12.4 Å². The maximum absolute atomic E-state index is 12.3. The zero-order chi connectivity index (χ0) is 13.1. The molecule has 1 aromatic carbocycles. The minimum atomic E-state index is -0.0243. The summed E-state index contributed by atoms with van der Waals surface area (Å²) in [6.07, 6.45) is 4.09. The molecule has 4 nitrogen and oxygen atoms in total. The van der Waals surface area contributed by atoms with Gasteiger partial charge in [-0.05, 0) is 25.5 Å². The first-order valence-electron chi connectivity index (χ1n) is 7.10. The number of halogens is 1. The number of amides is 1. The van der Waals surface area contributed by atoms with Crippen molar-refractivity contribution in [3.63, 3.8) is 0 Å². The Kier molecular flexibility index (Phi) is 5.26. The second-order valence-corrected chi connectivity index (χ2v) is 5.24. The molecule has 110 valence electrons. The van der Waals surface area contributed by atoms with Gasteiger partial charge in [0.1, 0.15) is 5.75 Å². The quantitative estimate of drug-likeness (QED) is 0.879. The van der Waals surface area contributed by atoms with E-state index in [9.17, 15) is 4.79 Å². The molecule has 1 fully saturated rings. The second-order valence-electron chi connectivity index (χ2n) is 5.24. The van der Waals surface area contributed by atoms with Crippen molar-refractivity contribution in [2.45, 2.75) is 37.8 Å². The van der Waals surface area contributed by atoms with Crippen LogP contribution in [0.2, 0.25) is 0 Å². The molecule has 2 atom stereocenters. The summed E-state index contributed by atoms with van der Waals surface area (Å²) in [5.41, 5.74) is 1.10. The summed E-state index contributed by atoms with van der Waals surface area (Å²) in [6, 6.07) is 8.02. The Bertz CT molecular complexity index is 461. The van der Waals surface area contributed by atoms with Crippen LogP contribution < -0.4 is 15.4 Å². The Morgan fingerprint density at radius 1 is 1.25 bits per heavy atom. The van der Waals surface area contributed by atoms with Gasteiger partial charge >= 0.3 is 0 Å². The van der Waals surface area contributed by atoms with Gasteiger partial charge < -0.3 is 15.4 Å². The molecule has 1 saturated heterocycles. The summed E-state index contributed by atoms with van der Waals surface area (Å²) in [6.45, 7) is 1.61. The summed E-state index contributed by atoms with van der Waals surface area (Å²) in [5, 5.41) is 6.45. The normalized spacial score (nSPS) is 24.8. The van der Waals surface area contributed by atoms with Crippen LogP contribution in [0.15, 0.2) is 24.3 Å². The number of fused-ring (bicyclic) bond motifs is 1. The van der Waals surface area contributed by atoms with Crippen LogP contribution in [0.5, 0.6) is 5.75 Å². The minimum absolute atomic E-state index is 0. The highest BCUT2D eigenvalue weighted by molar-refractivity contribution is 5.85. The van der Waals surface area contributed by atoms with Gasteiger partial charge in [-0.3, -0.25) is 4.79 Å². The molecule has 0 aliphatic carbocycles. The molecule has 5 heteroatoms. The first kappa shape index (κ1) is 15.1. The number of hydrogen-bond acceptors (Lipinski definition) is 3. The third kappa shape index (κ3) is 3.25. The van der Waals surface area contributed by atoms with Crippen LogP contribution in [-0.2, 0) is 4.79 Å². The summed E-state index contributed by atoms with van der Waals surface area (Å²) in [4.78, 5) is 12.3. The average molecular weight is 297 g/mol. The number of piperidine rings is 1. The van der Waals surface area contributed by atoms with Crippen molar-refractivity contribution in [2.75, 3.05) is 13.2 Å². The fourth-order valence-corrected chi connectivity index (χ4v) is 2.84. The highest BCUT2D eigenvalue weighted by Crippen LogP contribution is 2.31. The SMILES string of the molecule is Cl.O=C(NC1CCOc2ccccc21)[C@H]1CCCCN1. The van der Waals surface area contributed by atoms with Crippen molar-refractivity contribution in [3.05, 3.63) is 29.8 Å². The van der Waals surface area contributed by atoms with Gasteiger partial charge in [0, 0.05) is 12.0 Å². The van der Waals surface area contributed by atoms with Crippen LogP contribution in [0, 0.1) is 0 Å². The van der Waals surface area contributed by atoms with E-state index in [0.29, 0.717) is 6.61 Å². The Morgan fingerprint density at radius 3 is 2.90 bits per heavy atom. The van der Waals surface area contributed by atoms with Gasteiger partial charge in [-0.1, -0.05) is 24.6 Å². The molecule has 0 aromatic heterocycles. The fraction of sp³-hybridized carbons (Fsp3) is 0.533. The topological polar surface area (TPSA) is 50.4 Å². The Morgan fingerprint density at radius 2 is 2.10 bits per heavy atom. The van der Waals surface area contributed by atoms with Crippen LogP contribution in [0.25, 0.3) is 0 Å². The van der Waals surface area contributed by atoms with Gasteiger partial charge in [0.15, 0.2) is 0 Å². The molecule has 0 saturated carbocycles. The van der Waals surface area contributed by atoms with Crippen LogP contribution in [0.3, 0.4) is 0 Å². The molecule has 20 heavy (non-hydrogen) atoms. The van der Waals surface area contributed by atoms with Gasteiger partial charge in [0.05, 0.1) is 18.7 Å². The van der Waals surface area contributed by atoms with E-state index in [1.54, 1.807) is 0 Å². The first-order valence-corrected chi connectivity index (χ1v) is 7.10. The molecular formula is C15H21ClN2O2. The summed E-state index contributed by atoms with van der Waals surface area (Å²) < 4.78 is 5.61. The molecule has 2 heterocycles. The number of benzene rings is 1. The monoisotopic (exact) mass is 296 g/mol.